The zero-order valence-corrected chi connectivity index (χ0v) is 12.2. The number of hydrogen-bond donors (Lipinski definition) is 2. The van der Waals surface area contributed by atoms with E-state index in [1.807, 2.05) is 30.3 Å². The number of oxazole rings is 1. The Balaban J connectivity index is 1.99. The van der Waals surface area contributed by atoms with E-state index in [1.165, 1.54) is 0 Å². The molecule has 0 saturated carbocycles. The summed E-state index contributed by atoms with van der Waals surface area (Å²) in [6.45, 7) is 3.65. The monoisotopic (exact) mass is 304 g/mol. The van der Waals surface area contributed by atoms with Gasteiger partial charge < -0.3 is 14.3 Å². The molecule has 1 aromatic heterocycles. The zero-order chi connectivity index (χ0) is 16.1. The third-order valence-electron chi connectivity index (χ3n) is 2.82. The smallest absolute Gasteiger partial charge is 0.415 e. The lowest BCUT2D eigenvalue weighted by Crippen LogP contribution is -2.13. The number of aromatic carboxylic acids is 1. The number of carbonyl (C=O) groups excluding carboxylic acids is 1. The predicted octanol–water partition coefficient (Wildman–Crippen LogP) is 3.24. The summed E-state index contributed by atoms with van der Waals surface area (Å²) in [5.41, 5.74) is 1.10. The minimum absolute atomic E-state index is 0.0935. The van der Waals surface area contributed by atoms with Gasteiger partial charge in [-0.1, -0.05) is 44.2 Å². The van der Waals surface area contributed by atoms with Crippen molar-refractivity contribution in [3.8, 4) is 0 Å². The fraction of sp³-hybridized carbons (Fsp3) is 0.267. The molecular weight excluding hydrogens is 288 g/mol. The van der Waals surface area contributed by atoms with Crippen LogP contribution in [0.1, 0.15) is 41.6 Å². The third kappa shape index (κ3) is 3.85. The predicted molar refractivity (Wildman–Crippen MR) is 77.8 cm³/mol. The van der Waals surface area contributed by atoms with E-state index in [9.17, 15) is 9.59 Å². The van der Waals surface area contributed by atoms with E-state index in [4.69, 9.17) is 14.3 Å². The normalized spacial score (nSPS) is 10.5. The van der Waals surface area contributed by atoms with Crippen LogP contribution in [0, 0.1) is 0 Å². The lowest BCUT2D eigenvalue weighted by molar-refractivity contribution is 0.0661. The van der Waals surface area contributed by atoms with Crippen LogP contribution in [0.2, 0.25) is 0 Å². The van der Waals surface area contributed by atoms with Crippen LogP contribution in [-0.2, 0) is 11.3 Å². The molecule has 1 amide bonds. The van der Waals surface area contributed by atoms with Crippen LogP contribution in [0.15, 0.2) is 34.7 Å². The van der Waals surface area contributed by atoms with Crippen LogP contribution >= 0.6 is 0 Å². The molecular formula is C15H16N2O5. The van der Waals surface area contributed by atoms with Crippen molar-refractivity contribution in [3.05, 3.63) is 47.3 Å². The summed E-state index contributed by atoms with van der Waals surface area (Å²) in [5.74, 6) is -1.67. The molecule has 1 heterocycles. The molecule has 0 spiro atoms. The number of rotatable bonds is 5. The highest BCUT2D eigenvalue weighted by atomic mass is 16.6. The lowest BCUT2D eigenvalue weighted by Gasteiger charge is -2.04. The Labute approximate surface area is 126 Å². The first-order valence-electron chi connectivity index (χ1n) is 6.69. The van der Waals surface area contributed by atoms with Gasteiger partial charge in [-0.25, -0.2) is 14.9 Å². The van der Waals surface area contributed by atoms with Gasteiger partial charge in [0, 0.05) is 0 Å². The molecule has 7 heteroatoms. The van der Waals surface area contributed by atoms with E-state index in [1.54, 1.807) is 13.8 Å². The fourth-order valence-electron chi connectivity index (χ4n) is 1.78. The van der Waals surface area contributed by atoms with Crippen molar-refractivity contribution < 1.29 is 23.8 Å². The molecule has 0 aliphatic carbocycles. The van der Waals surface area contributed by atoms with Gasteiger partial charge in [0.05, 0.1) is 5.69 Å². The van der Waals surface area contributed by atoms with E-state index in [0.717, 1.165) is 5.56 Å². The van der Waals surface area contributed by atoms with Crippen LogP contribution < -0.4 is 5.32 Å². The van der Waals surface area contributed by atoms with Gasteiger partial charge in [-0.15, -0.1) is 0 Å². The first-order valence-corrected chi connectivity index (χ1v) is 6.69. The van der Waals surface area contributed by atoms with Crippen molar-refractivity contribution >= 4 is 18.1 Å². The Morgan fingerprint density at radius 3 is 2.55 bits per heavy atom. The van der Waals surface area contributed by atoms with E-state index in [-0.39, 0.29) is 30.0 Å². The SMILES string of the molecule is CC(C)c1nc(NC(=O)OCc2ccccc2)oc1C(=O)O. The average molecular weight is 304 g/mol. The van der Waals surface area contributed by atoms with Crippen molar-refractivity contribution in [1.29, 1.82) is 0 Å². The summed E-state index contributed by atoms with van der Waals surface area (Å²) in [6.07, 6.45) is -0.766. The highest BCUT2D eigenvalue weighted by Crippen LogP contribution is 2.22. The van der Waals surface area contributed by atoms with Crippen molar-refractivity contribution in [1.82, 2.24) is 4.98 Å². The van der Waals surface area contributed by atoms with E-state index in [2.05, 4.69) is 10.3 Å². The van der Waals surface area contributed by atoms with Gasteiger partial charge in [0.1, 0.15) is 6.61 Å². The van der Waals surface area contributed by atoms with Crippen LogP contribution in [0.25, 0.3) is 0 Å². The summed E-state index contributed by atoms with van der Waals surface area (Å²) in [6, 6.07) is 8.96. The lowest BCUT2D eigenvalue weighted by atomic mass is 10.1. The average Bonchev–Trinajstić information content (AvgIpc) is 2.90. The number of nitrogens with zero attached hydrogens (tertiary/aromatic N) is 1. The molecule has 2 aromatic rings. The van der Waals surface area contributed by atoms with Gasteiger partial charge in [0.2, 0.25) is 5.76 Å². The number of hydrogen-bond acceptors (Lipinski definition) is 5. The first-order chi connectivity index (χ1) is 10.5. The molecule has 0 atom stereocenters. The van der Waals surface area contributed by atoms with Crippen molar-refractivity contribution in [2.45, 2.75) is 26.4 Å². The Hall–Kier alpha value is -2.83. The number of nitrogens with one attached hydrogen (secondary N) is 1. The maximum atomic E-state index is 11.7. The van der Waals surface area contributed by atoms with E-state index >= 15 is 0 Å². The van der Waals surface area contributed by atoms with Crippen molar-refractivity contribution in [2.24, 2.45) is 0 Å². The second-order valence-electron chi connectivity index (χ2n) is 4.88. The number of benzene rings is 1. The van der Waals surface area contributed by atoms with Gasteiger partial charge in [-0.3, -0.25) is 0 Å². The first kappa shape index (κ1) is 15.6. The molecule has 2 rings (SSSR count). The number of anilines is 1. The highest BCUT2D eigenvalue weighted by Gasteiger charge is 2.22. The maximum Gasteiger partial charge on any atom is 0.415 e. The Morgan fingerprint density at radius 1 is 1.32 bits per heavy atom. The Morgan fingerprint density at radius 2 is 2.00 bits per heavy atom. The summed E-state index contributed by atoms with van der Waals surface area (Å²) < 4.78 is 10.0. The molecule has 0 unspecified atom stereocenters. The number of carboxylic acid groups (broad SMARTS) is 1. The molecule has 0 aliphatic heterocycles. The molecule has 7 nitrogen and oxygen atoms in total. The van der Waals surface area contributed by atoms with Crippen LogP contribution in [0.5, 0.6) is 0 Å². The number of ether oxygens (including phenoxy) is 1. The summed E-state index contributed by atoms with van der Waals surface area (Å²) in [7, 11) is 0. The second kappa shape index (κ2) is 6.75. The van der Waals surface area contributed by atoms with E-state index in [0.29, 0.717) is 0 Å². The molecule has 22 heavy (non-hydrogen) atoms. The number of carboxylic acids is 1. The van der Waals surface area contributed by atoms with Gasteiger partial charge >= 0.3 is 18.1 Å². The van der Waals surface area contributed by atoms with Gasteiger partial charge in [-0.2, -0.15) is 4.98 Å². The number of aromatic nitrogens is 1. The Kier molecular flexibility index (Phi) is 4.77. The van der Waals surface area contributed by atoms with Crippen LogP contribution in [-0.4, -0.2) is 22.2 Å². The summed E-state index contributed by atoms with van der Waals surface area (Å²) in [5, 5.41) is 11.3. The summed E-state index contributed by atoms with van der Waals surface area (Å²) >= 11 is 0. The minimum Gasteiger partial charge on any atom is -0.475 e. The largest absolute Gasteiger partial charge is 0.475 e. The van der Waals surface area contributed by atoms with E-state index < -0.39 is 12.1 Å². The zero-order valence-electron chi connectivity index (χ0n) is 12.2. The molecule has 0 aliphatic rings. The topological polar surface area (TPSA) is 102 Å². The van der Waals surface area contributed by atoms with Crippen LogP contribution in [0.4, 0.5) is 10.8 Å². The standard InChI is InChI=1S/C15H16N2O5/c1-9(2)11-12(13(18)19)22-14(16-11)17-15(20)21-8-10-6-4-3-5-7-10/h3-7,9H,8H2,1-2H3,(H,18,19)(H,16,17,20). The molecule has 2 N–H and O–H groups in total. The number of carbonyl (C=O) groups is 2. The van der Waals surface area contributed by atoms with Crippen LogP contribution in [0.3, 0.4) is 0 Å². The molecule has 116 valence electrons. The van der Waals surface area contributed by atoms with Gasteiger partial charge in [0.15, 0.2) is 0 Å². The fourth-order valence-corrected chi connectivity index (χ4v) is 1.78. The molecule has 0 bridgehead atoms. The molecule has 0 fully saturated rings. The quantitative estimate of drug-likeness (QED) is 0.879. The minimum atomic E-state index is -1.23. The highest BCUT2D eigenvalue weighted by molar-refractivity contribution is 5.87. The molecule has 1 aromatic carbocycles. The Bertz CT molecular complexity index is 664. The maximum absolute atomic E-state index is 11.7. The molecule has 0 radical (unpaired) electrons. The molecule has 0 saturated heterocycles. The van der Waals surface area contributed by atoms with Crippen molar-refractivity contribution in [2.75, 3.05) is 5.32 Å². The van der Waals surface area contributed by atoms with Gasteiger partial charge in [0.25, 0.3) is 0 Å². The number of amides is 1. The summed E-state index contributed by atoms with van der Waals surface area (Å²) in [4.78, 5) is 26.7. The third-order valence-corrected chi connectivity index (χ3v) is 2.82. The van der Waals surface area contributed by atoms with Crippen molar-refractivity contribution in [3.63, 3.8) is 0 Å². The van der Waals surface area contributed by atoms with Gasteiger partial charge in [-0.05, 0) is 11.5 Å². The second-order valence-corrected chi connectivity index (χ2v) is 4.88.